The van der Waals surface area contributed by atoms with Gasteiger partial charge in [0.2, 0.25) is 0 Å². The molecule has 0 saturated carbocycles. The van der Waals surface area contributed by atoms with E-state index in [0.717, 1.165) is 5.69 Å². The van der Waals surface area contributed by atoms with Gasteiger partial charge >= 0.3 is 0 Å². The van der Waals surface area contributed by atoms with Crippen molar-refractivity contribution < 1.29 is 5.11 Å². The first-order chi connectivity index (χ1) is 8.31. The standard InChI is InChI=1S/C12H16N4O/c1-10(13-7-9-17)11-2-4-12(5-3-11)16-8-6-14-15-16/h2-6,8,10,13,17H,7,9H2,1H3/t10-/m1/s1. The number of benzene rings is 1. The van der Waals surface area contributed by atoms with Crippen molar-refractivity contribution in [1.82, 2.24) is 20.3 Å². The molecule has 2 rings (SSSR count). The molecule has 2 aromatic rings. The molecular weight excluding hydrogens is 216 g/mol. The molecule has 90 valence electrons. The van der Waals surface area contributed by atoms with Gasteiger partial charge in [-0.15, -0.1) is 5.10 Å². The summed E-state index contributed by atoms with van der Waals surface area (Å²) in [4.78, 5) is 0. The van der Waals surface area contributed by atoms with Gasteiger partial charge in [0.1, 0.15) is 0 Å². The highest BCUT2D eigenvalue weighted by Gasteiger charge is 2.04. The van der Waals surface area contributed by atoms with Crippen LogP contribution in [0.5, 0.6) is 0 Å². The molecule has 1 heterocycles. The van der Waals surface area contributed by atoms with Crippen molar-refractivity contribution in [3.8, 4) is 5.69 Å². The monoisotopic (exact) mass is 232 g/mol. The first kappa shape index (κ1) is 11.8. The zero-order valence-electron chi connectivity index (χ0n) is 9.74. The van der Waals surface area contributed by atoms with Gasteiger partial charge in [0.05, 0.1) is 24.7 Å². The fourth-order valence-corrected chi connectivity index (χ4v) is 1.66. The van der Waals surface area contributed by atoms with Gasteiger partial charge in [-0.1, -0.05) is 17.3 Å². The van der Waals surface area contributed by atoms with E-state index >= 15 is 0 Å². The lowest BCUT2D eigenvalue weighted by Gasteiger charge is -2.13. The lowest BCUT2D eigenvalue weighted by atomic mass is 10.1. The van der Waals surface area contributed by atoms with Crippen LogP contribution in [-0.2, 0) is 0 Å². The maximum atomic E-state index is 8.75. The molecular formula is C12H16N4O. The molecule has 17 heavy (non-hydrogen) atoms. The number of hydrogen-bond acceptors (Lipinski definition) is 4. The van der Waals surface area contributed by atoms with E-state index in [-0.39, 0.29) is 12.6 Å². The molecule has 0 aliphatic rings. The second-order valence-corrected chi connectivity index (χ2v) is 3.84. The van der Waals surface area contributed by atoms with Crippen LogP contribution in [0.3, 0.4) is 0 Å². The van der Waals surface area contributed by atoms with Gasteiger partial charge in [0, 0.05) is 12.6 Å². The molecule has 1 atom stereocenters. The van der Waals surface area contributed by atoms with Crippen LogP contribution in [0.1, 0.15) is 18.5 Å². The molecule has 0 spiro atoms. The molecule has 0 saturated heterocycles. The van der Waals surface area contributed by atoms with Crippen LogP contribution in [0, 0.1) is 0 Å². The molecule has 0 bridgehead atoms. The van der Waals surface area contributed by atoms with Gasteiger partial charge in [-0.3, -0.25) is 0 Å². The number of aromatic nitrogens is 3. The first-order valence-electron chi connectivity index (χ1n) is 5.62. The number of aliphatic hydroxyl groups excluding tert-OH is 1. The minimum atomic E-state index is 0.154. The lowest BCUT2D eigenvalue weighted by Crippen LogP contribution is -2.22. The summed E-state index contributed by atoms with van der Waals surface area (Å²) in [5, 5.41) is 19.7. The molecule has 0 aliphatic heterocycles. The molecule has 0 unspecified atom stereocenters. The predicted molar refractivity (Wildman–Crippen MR) is 64.9 cm³/mol. The van der Waals surface area contributed by atoms with Gasteiger partial charge in [-0.25, -0.2) is 4.68 Å². The van der Waals surface area contributed by atoms with Crippen molar-refractivity contribution in [3.05, 3.63) is 42.2 Å². The van der Waals surface area contributed by atoms with Crippen LogP contribution in [0.25, 0.3) is 5.69 Å². The Balaban J connectivity index is 2.08. The summed E-state index contributed by atoms with van der Waals surface area (Å²) in [6, 6.07) is 8.33. The second kappa shape index (κ2) is 5.56. The fraction of sp³-hybridized carbons (Fsp3) is 0.333. The Bertz CT molecular complexity index is 438. The van der Waals surface area contributed by atoms with Gasteiger partial charge in [-0.05, 0) is 24.6 Å². The van der Waals surface area contributed by atoms with Crippen LogP contribution in [0.15, 0.2) is 36.7 Å². The summed E-state index contributed by atoms with van der Waals surface area (Å²) in [6.45, 7) is 2.83. The average molecular weight is 232 g/mol. The minimum Gasteiger partial charge on any atom is -0.395 e. The molecule has 1 aromatic carbocycles. The maximum Gasteiger partial charge on any atom is 0.0697 e. The second-order valence-electron chi connectivity index (χ2n) is 3.84. The van der Waals surface area contributed by atoms with Crippen molar-refractivity contribution >= 4 is 0 Å². The van der Waals surface area contributed by atoms with Crippen molar-refractivity contribution in [2.75, 3.05) is 13.2 Å². The van der Waals surface area contributed by atoms with Gasteiger partial charge < -0.3 is 10.4 Å². The summed E-state index contributed by atoms with van der Waals surface area (Å²) in [7, 11) is 0. The van der Waals surface area contributed by atoms with Gasteiger partial charge in [-0.2, -0.15) is 0 Å². The Kier molecular flexibility index (Phi) is 3.85. The summed E-state index contributed by atoms with van der Waals surface area (Å²) >= 11 is 0. The van der Waals surface area contributed by atoms with E-state index in [4.69, 9.17) is 5.11 Å². The van der Waals surface area contributed by atoms with E-state index in [1.165, 1.54) is 5.56 Å². The molecule has 0 amide bonds. The fourth-order valence-electron chi connectivity index (χ4n) is 1.66. The molecule has 2 N–H and O–H groups in total. The first-order valence-corrected chi connectivity index (χ1v) is 5.62. The summed E-state index contributed by atoms with van der Waals surface area (Å²) in [5.74, 6) is 0. The highest BCUT2D eigenvalue weighted by Crippen LogP contribution is 2.14. The van der Waals surface area contributed by atoms with Crippen molar-refractivity contribution in [3.63, 3.8) is 0 Å². The maximum absolute atomic E-state index is 8.75. The number of nitrogens with one attached hydrogen (secondary N) is 1. The van der Waals surface area contributed by atoms with E-state index in [1.54, 1.807) is 10.9 Å². The normalized spacial score (nSPS) is 12.6. The zero-order chi connectivity index (χ0) is 12.1. The third-order valence-corrected chi connectivity index (χ3v) is 2.64. The molecule has 0 radical (unpaired) electrons. The van der Waals surface area contributed by atoms with Gasteiger partial charge in [0.15, 0.2) is 0 Å². The Morgan fingerprint density at radius 3 is 2.71 bits per heavy atom. The quantitative estimate of drug-likeness (QED) is 0.804. The number of aliphatic hydroxyl groups is 1. The number of nitrogens with zero attached hydrogens (tertiary/aromatic N) is 3. The highest BCUT2D eigenvalue weighted by atomic mass is 16.3. The van der Waals surface area contributed by atoms with Crippen molar-refractivity contribution in [2.24, 2.45) is 0 Å². The van der Waals surface area contributed by atoms with Crippen LogP contribution < -0.4 is 5.32 Å². The van der Waals surface area contributed by atoms with Crippen molar-refractivity contribution in [2.45, 2.75) is 13.0 Å². The Labute approximate surface area is 100 Å². The third kappa shape index (κ3) is 2.89. The molecule has 0 aliphatic carbocycles. The number of rotatable bonds is 5. The topological polar surface area (TPSA) is 63.0 Å². The van der Waals surface area contributed by atoms with Crippen LogP contribution in [-0.4, -0.2) is 33.3 Å². The minimum absolute atomic E-state index is 0.154. The molecule has 1 aromatic heterocycles. The number of hydrogen-bond donors (Lipinski definition) is 2. The Morgan fingerprint density at radius 2 is 2.12 bits per heavy atom. The largest absolute Gasteiger partial charge is 0.395 e. The van der Waals surface area contributed by atoms with E-state index in [1.807, 2.05) is 30.5 Å². The summed E-state index contributed by atoms with van der Waals surface area (Å²) in [6.07, 6.45) is 3.46. The van der Waals surface area contributed by atoms with E-state index in [0.29, 0.717) is 6.54 Å². The average Bonchev–Trinajstić information content (AvgIpc) is 2.90. The molecule has 0 fully saturated rings. The predicted octanol–water partition coefficient (Wildman–Crippen LogP) is 0.910. The molecule has 5 heteroatoms. The van der Waals surface area contributed by atoms with Crippen molar-refractivity contribution in [1.29, 1.82) is 0 Å². The zero-order valence-corrected chi connectivity index (χ0v) is 9.74. The third-order valence-electron chi connectivity index (χ3n) is 2.64. The Morgan fingerprint density at radius 1 is 1.35 bits per heavy atom. The van der Waals surface area contributed by atoms with Crippen LogP contribution >= 0.6 is 0 Å². The lowest BCUT2D eigenvalue weighted by molar-refractivity contribution is 0.286. The van der Waals surface area contributed by atoms with Crippen LogP contribution in [0.4, 0.5) is 0 Å². The van der Waals surface area contributed by atoms with Crippen LogP contribution in [0.2, 0.25) is 0 Å². The van der Waals surface area contributed by atoms with E-state index in [2.05, 4.69) is 22.6 Å². The summed E-state index contributed by atoms with van der Waals surface area (Å²) in [5.41, 5.74) is 2.17. The highest BCUT2D eigenvalue weighted by molar-refractivity contribution is 5.34. The Hall–Kier alpha value is -1.72. The van der Waals surface area contributed by atoms with E-state index in [9.17, 15) is 0 Å². The molecule has 5 nitrogen and oxygen atoms in total. The smallest absolute Gasteiger partial charge is 0.0697 e. The van der Waals surface area contributed by atoms with E-state index < -0.39 is 0 Å². The summed E-state index contributed by atoms with van der Waals surface area (Å²) < 4.78 is 1.72. The van der Waals surface area contributed by atoms with Gasteiger partial charge in [0.25, 0.3) is 0 Å². The SMILES string of the molecule is C[C@@H](NCCO)c1ccc(-n2ccnn2)cc1.